The molecule has 0 spiro atoms. The second-order valence-electron chi connectivity index (χ2n) is 4.61. The van der Waals surface area contributed by atoms with Crippen LogP contribution in [0, 0.1) is 5.92 Å². The first-order valence-electron chi connectivity index (χ1n) is 6.36. The number of unbranched alkanes of at least 4 members (excludes halogenated alkanes) is 2. The molecule has 16 heavy (non-hydrogen) atoms. The summed E-state index contributed by atoms with van der Waals surface area (Å²) < 4.78 is 0. The predicted octanol–water partition coefficient (Wildman–Crippen LogP) is 0.736. The standard InChI is InChI=1S/C12H24N2O2/c13-7-3-1-2-4-12(16)14-8-5-11(10-15)6-9-14/h11,15H,1-10,13H2. The molecule has 0 aliphatic carbocycles. The molecular weight excluding hydrogens is 204 g/mol. The number of nitrogens with zero attached hydrogens (tertiary/aromatic N) is 1. The molecule has 0 radical (unpaired) electrons. The molecule has 0 aromatic heterocycles. The minimum absolute atomic E-state index is 0.262. The van der Waals surface area contributed by atoms with E-state index in [1.54, 1.807) is 0 Å². The zero-order valence-corrected chi connectivity index (χ0v) is 10.0. The van der Waals surface area contributed by atoms with E-state index in [0.717, 1.165) is 51.7 Å². The number of aliphatic hydroxyl groups excluding tert-OH is 1. The molecule has 1 amide bonds. The summed E-state index contributed by atoms with van der Waals surface area (Å²) >= 11 is 0. The maximum absolute atomic E-state index is 11.8. The molecule has 1 rings (SSSR count). The fourth-order valence-corrected chi connectivity index (χ4v) is 2.12. The quantitative estimate of drug-likeness (QED) is 0.659. The van der Waals surface area contributed by atoms with Crippen molar-refractivity contribution in [3.05, 3.63) is 0 Å². The van der Waals surface area contributed by atoms with Gasteiger partial charge in [-0.3, -0.25) is 4.79 Å². The Hall–Kier alpha value is -0.610. The van der Waals surface area contributed by atoms with Gasteiger partial charge in [0.25, 0.3) is 0 Å². The molecule has 0 saturated carbocycles. The van der Waals surface area contributed by atoms with Crippen molar-refractivity contribution in [1.29, 1.82) is 0 Å². The fraction of sp³-hybridized carbons (Fsp3) is 0.917. The Bertz CT molecular complexity index is 201. The number of piperidine rings is 1. The van der Waals surface area contributed by atoms with Crippen molar-refractivity contribution in [3.63, 3.8) is 0 Å². The molecule has 3 N–H and O–H groups in total. The Kier molecular flexibility index (Phi) is 6.42. The number of hydrogen-bond acceptors (Lipinski definition) is 3. The molecule has 4 nitrogen and oxygen atoms in total. The highest BCUT2D eigenvalue weighted by atomic mass is 16.3. The first-order valence-corrected chi connectivity index (χ1v) is 6.36. The van der Waals surface area contributed by atoms with Crippen LogP contribution in [0.25, 0.3) is 0 Å². The number of carbonyl (C=O) groups is 1. The lowest BCUT2D eigenvalue weighted by atomic mass is 9.97. The zero-order valence-electron chi connectivity index (χ0n) is 10.0. The first kappa shape index (κ1) is 13.5. The van der Waals surface area contributed by atoms with Crippen LogP contribution in [0.2, 0.25) is 0 Å². The monoisotopic (exact) mass is 228 g/mol. The molecular formula is C12H24N2O2. The Morgan fingerprint density at radius 3 is 2.50 bits per heavy atom. The van der Waals surface area contributed by atoms with E-state index in [1.807, 2.05) is 4.90 Å². The van der Waals surface area contributed by atoms with Gasteiger partial charge < -0.3 is 15.7 Å². The smallest absolute Gasteiger partial charge is 0.222 e. The van der Waals surface area contributed by atoms with E-state index in [2.05, 4.69) is 0 Å². The van der Waals surface area contributed by atoms with Crippen LogP contribution in [0.15, 0.2) is 0 Å². The van der Waals surface area contributed by atoms with E-state index in [4.69, 9.17) is 10.8 Å². The normalized spacial score (nSPS) is 17.8. The topological polar surface area (TPSA) is 66.6 Å². The van der Waals surface area contributed by atoms with Crippen LogP contribution >= 0.6 is 0 Å². The maximum Gasteiger partial charge on any atom is 0.222 e. The average Bonchev–Trinajstić information content (AvgIpc) is 2.34. The highest BCUT2D eigenvalue weighted by molar-refractivity contribution is 5.76. The van der Waals surface area contributed by atoms with E-state index < -0.39 is 0 Å². The van der Waals surface area contributed by atoms with Gasteiger partial charge in [-0.05, 0) is 38.1 Å². The third-order valence-corrected chi connectivity index (χ3v) is 3.32. The van der Waals surface area contributed by atoms with Crippen molar-refractivity contribution in [1.82, 2.24) is 4.90 Å². The van der Waals surface area contributed by atoms with Gasteiger partial charge in [0.15, 0.2) is 0 Å². The van der Waals surface area contributed by atoms with Gasteiger partial charge >= 0.3 is 0 Å². The van der Waals surface area contributed by atoms with E-state index in [-0.39, 0.29) is 12.5 Å². The summed E-state index contributed by atoms with van der Waals surface area (Å²) in [6, 6.07) is 0. The van der Waals surface area contributed by atoms with Crippen molar-refractivity contribution in [2.24, 2.45) is 11.7 Å². The van der Waals surface area contributed by atoms with Crippen molar-refractivity contribution >= 4 is 5.91 Å². The van der Waals surface area contributed by atoms with E-state index in [1.165, 1.54) is 0 Å². The van der Waals surface area contributed by atoms with Crippen molar-refractivity contribution in [2.45, 2.75) is 38.5 Å². The largest absolute Gasteiger partial charge is 0.396 e. The van der Waals surface area contributed by atoms with Crippen LogP contribution in [0.3, 0.4) is 0 Å². The van der Waals surface area contributed by atoms with Crippen LogP contribution in [0.4, 0.5) is 0 Å². The molecule has 0 bridgehead atoms. The van der Waals surface area contributed by atoms with Crippen LogP contribution in [0.1, 0.15) is 38.5 Å². The maximum atomic E-state index is 11.8. The molecule has 4 heteroatoms. The second-order valence-corrected chi connectivity index (χ2v) is 4.61. The van der Waals surface area contributed by atoms with Gasteiger partial charge in [-0.15, -0.1) is 0 Å². The Morgan fingerprint density at radius 1 is 1.25 bits per heavy atom. The fourth-order valence-electron chi connectivity index (χ4n) is 2.12. The van der Waals surface area contributed by atoms with Gasteiger partial charge in [0.1, 0.15) is 0 Å². The summed E-state index contributed by atoms with van der Waals surface area (Å²) in [5.74, 6) is 0.676. The van der Waals surface area contributed by atoms with Crippen molar-refractivity contribution < 1.29 is 9.90 Å². The highest BCUT2D eigenvalue weighted by Gasteiger charge is 2.21. The van der Waals surface area contributed by atoms with Gasteiger partial charge in [0.05, 0.1) is 0 Å². The SMILES string of the molecule is NCCCCCC(=O)N1CCC(CO)CC1. The predicted molar refractivity (Wildman–Crippen MR) is 63.9 cm³/mol. The third kappa shape index (κ3) is 4.49. The average molecular weight is 228 g/mol. The minimum Gasteiger partial charge on any atom is -0.396 e. The first-order chi connectivity index (χ1) is 7.77. The summed E-state index contributed by atoms with van der Waals surface area (Å²) in [6.07, 6.45) is 5.57. The highest BCUT2D eigenvalue weighted by Crippen LogP contribution is 2.17. The molecule has 1 heterocycles. The second kappa shape index (κ2) is 7.63. The van der Waals surface area contributed by atoms with E-state index >= 15 is 0 Å². The summed E-state index contributed by atoms with van der Waals surface area (Å²) in [4.78, 5) is 13.7. The van der Waals surface area contributed by atoms with Gasteiger partial charge in [0.2, 0.25) is 5.91 Å². The lowest BCUT2D eigenvalue weighted by Gasteiger charge is -2.31. The van der Waals surface area contributed by atoms with Crippen LogP contribution in [0.5, 0.6) is 0 Å². The molecule has 1 saturated heterocycles. The van der Waals surface area contributed by atoms with Gasteiger partial charge in [-0.1, -0.05) is 6.42 Å². The van der Waals surface area contributed by atoms with Gasteiger partial charge in [-0.25, -0.2) is 0 Å². The Morgan fingerprint density at radius 2 is 1.94 bits per heavy atom. The third-order valence-electron chi connectivity index (χ3n) is 3.32. The molecule has 1 aliphatic rings. The lowest BCUT2D eigenvalue weighted by Crippen LogP contribution is -2.39. The van der Waals surface area contributed by atoms with Crippen LogP contribution in [-0.2, 0) is 4.79 Å². The molecule has 94 valence electrons. The van der Waals surface area contributed by atoms with Crippen LogP contribution < -0.4 is 5.73 Å². The van der Waals surface area contributed by atoms with Gasteiger partial charge in [0, 0.05) is 26.1 Å². The number of amides is 1. The molecule has 0 atom stereocenters. The number of aliphatic hydroxyl groups is 1. The van der Waals surface area contributed by atoms with Crippen molar-refractivity contribution in [2.75, 3.05) is 26.2 Å². The summed E-state index contributed by atoms with van der Waals surface area (Å²) in [5, 5.41) is 9.00. The van der Waals surface area contributed by atoms with E-state index in [9.17, 15) is 4.79 Å². The summed E-state index contributed by atoms with van der Waals surface area (Å²) in [6.45, 7) is 2.62. The van der Waals surface area contributed by atoms with E-state index in [0.29, 0.717) is 12.3 Å². The van der Waals surface area contributed by atoms with Crippen molar-refractivity contribution in [3.8, 4) is 0 Å². The Balaban J connectivity index is 2.13. The minimum atomic E-state index is 0.262. The number of hydrogen-bond donors (Lipinski definition) is 2. The Labute approximate surface area is 97.8 Å². The van der Waals surface area contributed by atoms with Crippen LogP contribution in [-0.4, -0.2) is 42.2 Å². The number of carbonyl (C=O) groups excluding carboxylic acids is 1. The molecule has 1 aliphatic heterocycles. The summed E-state index contributed by atoms with van der Waals surface area (Å²) in [5.41, 5.74) is 5.40. The number of rotatable bonds is 6. The number of likely N-dealkylation sites (tertiary alicyclic amines) is 1. The van der Waals surface area contributed by atoms with Gasteiger partial charge in [-0.2, -0.15) is 0 Å². The zero-order chi connectivity index (χ0) is 11.8. The molecule has 1 fully saturated rings. The lowest BCUT2D eigenvalue weighted by molar-refractivity contribution is -0.132. The summed E-state index contributed by atoms with van der Waals surface area (Å²) in [7, 11) is 0. The molecule has 0 unspecified atom stereocenters. The molecule has 0 aromatic carbocycles. The molecule has 0 aromatic rings. The number of nitrogens with two attached hydrogens (primary N) is 1.